The van der Waals surface area contributed by atoms with Crippen molar-refractivity contribution in [3.8, 4) is 5.75 Å². The molecule has 266 valence electrons. The van der Waals surface area contributed by atoms with Crippen molar-refractivity contribution in [3.63, 3.8) is 0 Å². The molecule has 11 nitrogen and oxygen atoms in total. The van der Waals surface area contributed by atoms with E-state index in [1.165, 1.54) is 31.3 Å². The highest BCUT2D eigenvalue weighted by atomic mass is 35.5. The number of nitrogens with zero attached hydrogens (tertiary/aromatic N) is 6. The average molecular weight is 705 g/mol. The fourth-order valence-electron chi connectivity index (χ4n) is 7.85. The molecule has 2 N–H and O–H groups in total. The lowest BCUT2D eigenvalue weighted by Gasteiger charge is -2.49. The number of rotatable bonds is 10. The second kappa shape index (κ2) is 14.7. The fourth-order valence-corrected chi connectivity index (χ4v) is 8.03. The molecular formula is C37H46ClFN8O3. The number of benzene rings is 2. The Bertz CT molecular complexity index is 1720. The SMILES string of the molecule is C=CC(=O)Nc1cc(Nc2cc(N3OCC[C@@H]3c3cccc(Cl)c3F)ncn2)c(OC)cc1N1CCC(N2C[C@H](C)N(C3CC3)C[C@@H]2C)CC1. The third-order valence-corrected chi connectivity index (χ3v) is 10.8. The summed E-state index contributed by atoms with van der Waals surface area (Å²) in [5, 5.41) is 8.01. The summed E-state index contributed by atoms with van der Waals surface area (Å²) in [6, 6.07) is 12.6. The van der Waals surface area contributed by atoms with Gasteiger partial charge in [-0.2, -0.15) is 0 Å². The Morgan fingerprint density at radius 2 is 1.74 bits per heavy atom. The van der Waals surface area contributed by atoms with Crippen molar-refractivity contribution in [2.75, 3.05) is 60.5 Å². The van der Waals surface area contributed by atoms with E-state index in [1.807, 2.05) is 12.1 Å². The van der Waals surface area contributed by atoms with Crippen LogP contribution >= 0.6 is 11.6 Å². The first-order chi connectivity index (χ1) is 24.2. The normalized spacial score (nSPS) is 23.6. The van der Waals surface area contributed by atoms with Gasteiger partial charge in [0.05, 0.1) is 41.8 Å². The van der Waals surface area contributed by atoms with Gasteiger partial charge in [-0.1, -0.05) is 30.3 Å². The van der Waals surface area contributed by atoms with Crippen LogP contribution in [0.25, 0.3) is 0 Å². The Morgan fingerprint density at radius 3 is 2.42 bits per heavy atom. The summed E-state index contributed by atoms with van der Waals surface area (Å²) in [6.45, 7) is 12.8. The Morgan fingerprint density at radius 1 is 1.02 bits per heavy atom. The summed E-state index contributed by atoms with van der Waals surface area (Å²) >= 11 is 6.09. The number of hydrogen-bond acceptors (Lipinski definition) is 10. The van der Waals surface area contributed by atoms with E-state index < -0.39 is 11.9 Å². The number of methoxy groups -OCH3 is 1. The van der Waals surface area contributed by atoms with E-state index in [1.54, 1.807) is 30.4 Å². The zero-order valence-corrected chi connectivity index (χ0v) is 29.7. The predicted molar refractivity (Wildman–Crippen MR) is 195 cm³/mol. The molecule has 7 rings (SSSR count). The van der Waals surface area contributed by atoms with Crippen LogP contribution in [0.2, 0.25) is 5.02 Å². The first kappa shape index (κ1) is 34.5. The van der Waals surface area contributed by atoms with Crippen molar-refractivity contribution >= 4 is 46.2 Å². The molecule has 1 saturated carbocycles. The number of nitrogens with one attached hydrogen (secondary N) is 2. The number of hydroxylamine groups is 1. The molecule has 4 heterocycles. The molecule has 0 unspecified atom stereocenters. The number of anilines is 5. The first-order valence-corrected chi connectivity index (χ1v) is 18.0. The maximum absolute atomic E-state index is 15.0. The van der Waals surface area contributed by atoms with Crippen LogP contribution in [-0.2, 0) is 9.63 Å². The number of piperazine rings is 1. The zero-order valence-electron chi connectivity index (χ0n) is 28.9. The molecule has 50 heavy (non-hydrogen) atoms. The highest BCUT2D eigenvalue weighted by molar-refractivity contribution is 6.30. The number of carbonyl (C=O) groups is 1. The lowest BCUT2D eigenvalue weighted by atomic mass is 9.97. The number of piperidine rings is 1. The lowest BCUT2D eigenvalue weighted by Crippen LogP contribution is -2.61. The van der Waals surface area contributed by atoms with E-state index in [0.717, 1.165) is 50.7 Å². The van der Waals surface area contributed by atoms with Gasteiger partial charge < -0.3 is 20.3 Å². The van der Waals surface area contributed by atoms with Crippen molar-refractivity contribution in [2.24, 2.45) is 0 Å². The Balaban J connectivity index is 1.09. The summed E-state index contributed by atoms with van der Waals surface area (Å²) in [5.74, 6) is 0.743. The molecule has 13 heteroatoms. The van der Waals surface area contributed by atoms with E-state index in [9.17, 15) is 9.18 Å². The number of aromatic nitrogens is 2. The van der Waals surface area contributed by atoms with Gasteiger partial charge in [-0.25, -0.2) is 19.4 Å². The van der Waals surface area contributed by atoms with Crippen LogP contribution in [0.5, 0.6) is 5.75 Å². The van der Waals surface area contributed by atoms with Gasteiger partial charge in [0.15, 0.2) is 5.82 Å². The molecule has 3 aliphatic heterocycles. The first-order valence-electron chi connectivity index (χ1n) is 17.6. The zero-order chi connectivity index (χ0) is 34.9. The second-order valence-corrected chi connectivity index (χ2v) is 14.2. The van der Waals surface area contributed by atoms with Crippen molar-refractivity contribution < 1.29 is 18.8 Å². The summed E-state index contributed by atoms with van der Waals surface area (Å²) in [7, 11) is 1.62. The third kappa shape index (κ3) is 7.12. The number of hydrogen-bond donors (Lipinski definition) is 2. The number of carbonyl (C=O) groups excluding carboxylic acids is 1. The fraction of sp³-hybridized carbons (Fsp3) is 0.486. The molecule has 0 bridgehead atoms. The summed E-state index contributed by atoms with van der Waals surface area (Å²) < 4.78 is 20.8. The van der Waals surface area contributed by atoms with Gasteiger partial charge in [0.25, 0.3) is 0 Å². The molecular weight excluding hydrogens is 659 g/mol. The Kier molecular flexibility index (Phi) is 10.1. The van der Waals surface area contributed by atoms with Crippen LogP contribution in [0.15, 0.2) is 55.4 Å². The van der Waals surface area contributed by atoms with Crippen molar-refractivity contribution in [1.29, 1.82) is 0 Å². The quantitative estimate of drug-likeness (QED) is 0.226. The van der Waals surface area contributed by atoms with Crippen molar-refractivity contribution in [2.45, 2.75) is 76.2 Å². The molecule has 1 aromatic heterocycles. The molecule has 0 radical (unpaired) electrons. The van der Waals surface area contributed by atoms with Crippen LogP contribution in [0.1, 0.15) is 57.6 Å². The minimum absolute atomic E-state index is 0.0603. The molecule has 1 amide bonds. The third-order valence-electron chi connectivity index (χ3n) is 10.5. The van der Waals surface area contributed by atoms with Gasteiger partial charge in [0.1, 0.15) is 23.7 Å². The standard InChI is InChI=1S/C37H46ClFN8O3/c1-5-36(48)43-29-17-30(42-34-19-35(41-22-40-34)47-31(13-16-50-47)27-7-6-8-28(38)37(27)39)33(49-4)18-32(29)44-14-11-26(12-15-44)46-21-23(2)45(20-24(46)3)25-9-10-25/h5-8,17-19,22-26,31H,1,9-16,20-21H2,2-4H3,(H,43,48)(H,40,41,42)/t23-,24-,31+/m0/s1. The van der Waals surface area contributed by atoms with Crippen molar-refractivity contribution in [3.05, 3.63) is 71.8 Å². The van der Waals surface area contributed by atoms with Crippen LogP contribution in [0, 0.1) is 5.82 Å². The molecule has 3 aromatic rings. The Hall–Kier alpha value is -3.97. The van der Waals surface area contributed by atoms with E-state index in [2.05, 4.69) is 55.7 Å². The largest absolute Gasteiger partial charge is 0.494 e. The summed E-state index contributed by atoms with van der Waals surface area (Å²) in [4.78, 5) is 35.2. The number of amides is 1. The van der Waals surface area contributed by atoms with Gasteiger partial charge in [-0.3, -0.25) is 19.4 Å². The maximum atomic E-state index is 15.0. The average Bonchev–Trinajstić information content (AvgIpc) is 3.86. The molecule has 2 aromatic carbocycles. The van der Waals surface area contributed by atoms with E-state index in [0.29, 0.717) is 65.5 Å². The molecule has 4 fully saturated rings. The predicted octanol–water partition coefficient (Wildman–Crippen LogP) is 6.55. The monoisotopic (exact) mass is 704 g/mol. The van der Waals surface area contributed by atoms with Crippen LogP contribution in [0.4, 0.5) is 33.1 Å². The van der Waals surface area contributed by atoms with Gasteiger partial charge in [0.2, 0.25) is 5.91 Å². The molecule has 3 atom stereocenters. The lowest BCUT2D eigenvalue weighted by molar-refractivity contribution is -0.111. The molecule has 4 aliphatic rings. The van der Waals surface area contributed by atoms with Crippen LogP contribution < -0.4 is 25.3 Å². The van der Waals surface area contributed by atoms with E-state index in [4.69, 9.17) is 21.2 Å². The topological polar surface area (TPSA) is 98.3 Å². The highest BCUT2D eigenvalue weighted by Crippen LogP contribution is 2.42. The molecule has 3 saturated heterocycles. The van der Waals surface area contributed by atoms with Gasteiger partial charge in [-0.15, -0.1) is 0 Å². The Labute approximate surface area is 298 Å². The van der Waals surface area contributed by atoms with Gasteiger partial charge >= 0.3 is 0 Å². The van der Waals surface area contributed by atoms with Crippen LogP contribution in [0.3, 0.4) is 0 Å². The van der Waals surface area contributed by atoms with E-state index in [-0.39, 0.29) is 10.9 Å². The second-order valence-electron chi connectivity index (χ2n) is 13.8. The highest BCUT2D eigenvalue weighted by Gasteiger charge is 2.40. The minimum atomic E-state index is -0.471. The maximum Gasteiger partial charge on any atom is 0.247 e. The van der Waals surface area contributed by atoms with Crippen molar-refractivity contribution in [1.82, 2.24) is 19.8 Å². The van der Waals surface area contributed by atoms with E-state index >= 15 is 0 Å². The van der Waals surface area contributed by atoms with Crippen LogP contribution in [-0.4, -0.2) is 89.7 Å². The minimum Gasteiger partial charge on any atom is -0.494 e. The van der Waals surface area contributed by atoms with Gasteiger partial charge in [-0.05, 0) is 57.7 Å². The van der Waals surface area contributed by atoms with Gasteiger partial charge in [0, 0.05) is 74.5 Å². The number of ether oxygens (including phenoxy) is 1. The summed E-state index contributed by atoms with van der Waals surface area (Å²) in [5.41, 5.74) is 2.57. The number of halogens is 2. The smallest absolute Gasteiger partial charge is 0.247 e. The molecule has 1 aliphatic carbocycles. The molecule has 0 spiro atoms. The summed E-state index contributed by atoms with van der Waals surface area (Å²) in [6.07, 6.45) is 8.03.